The molecule has 1 aromatic carbocycles. The predicted octanol–water partition coefficient (Wildman–Crippen LogP) is 4.01. The maximum absolute atomic E-state index is 12.6. The van der Waals surface area contributed by atoms with Crippen molar-refractivity contribution < 1.29 is 28.6 Å². The van der Waals surface area contributed by atoms with Gasteiger partial charge in [-0.3, -0.25) is 14.5 Å². The summed E-state index contributed by atoms with van der Waals surface area (Å²) in [6, 6.07) is 2.46. The van der Waals surface area contributed by atoms with Crippen molar-refractivity contribution in [2.45, 2.75) is 19.9 Å². The largest absolute Gasteiger partial charge is 0.490 e. The van der Waals surface area contributed by atoms with E-state index in [4.69, 9.17) is 9.47 Å². The number of amides is 2. The predicted molar refractivity (Wildman–Crippen MR) is 110 cm³/mol. The van der Waals surface area contributed by atoms with Gasteiger partial charge in [0.2, 0.25) is 0 Å². The molecule has 1 aliphatic rings. The minimum Gasteiger partial charge on any atom is -0.490 e. The number of imide groups is 1. The van der Waals surface area contributed by atoms with Gasteiger partial charge in [-0.25, -0.2) is 4.79 Å². The van der Waals surface area contributed by atoms with Crippen LogP contribution in [0.4, 0.5) is 4.79 Å². The van der Waals surface area contributed by atoms with Crippen molar-refractivity contribution in [1.29, 1.82) is 0 Å². The molecule has 1 heterocycles. The van der Waals surface area contributed by atoms with Crippen molar-refractivity contribution in [3.8, 4) is 11.5 Å². The molecule has 1 fully saturated rings. The lowest BCUT2D eigenvalue weighted by Gasteiger charge is -2.18. The van der Waals surface area contributed by atoms with Crippen LogP contribution < -0.4 is 9.47 Å². The molecule has 0 spiro atoms. The fraction of sp³-hybridized carbons (Fsp3) is 0.316. The molecule has 0 N–H and O–H groups in total. The molecule has 7 nitrogen and oxygen atoms in total. The van der Waals surface area contributed by atoms with Gasteiger partial charge in [0.1, 0.15) is 12.6 Å². The third kappa shape index (κ3) is 4.77. The number of rotatable bonds is 8. The van der Waals surface area contributed by atoms with Crippen LogP contribution in [0.2, 0.25) is 0 Å². The zero-order valence-corrected chi connectivity index (χ0v) is 18.1. The van der Waals surface area contributed by atoms with Gasteiger partial charge in [0.05, 0.1) is 23.1 Å². The van der Waals surface area contributed by atoms with Crippen LogP contribution in [0.25, 0.3) is 6.08 Å². The second kappa shape index (κ2) is 9.79. The van der Waals surface area contributed by atoms with Gasteiger partial charge in [0.25, 0.3) is 11.1 Å². The van der Waals surface area contributed by atoms with Crippen LogP contribution in [0.5, 0.6) is 11.5 Å². The Morgan fingerprint density at radius 2 is 2.07 bits per heavy atom. The maximum Gasteiger partial charge on any atom is 0.328 e. The molecule has 0 aromatic heterocycles. The molecule has 28 heavy (non-hydrogen) atoms. The zero-order valence-electron chi connectivity index (χ0n) is 15.7. The van der Waals surface area contributed by atoms with Gasteiger partial charge < -0.3 is 14.2 Å². The Labute approximate surface area is 175 Å². The average Bonchev–Trinajstić information content (AvgIpc) is 2.93. The Morgan fingerprint density at radius 3 is 2.68 bits per heavy atom. The Kier molecular flexibility index (Phi) is 7.70. The summed E-state index contributed by atoms with van der Waals surface area (Å²) in [6.45, 7) is 7.64. The molecule has 2 rings (SSSR count). The van der Waals surface area contributed by atoms with E-state index in [1.165, 1.54) is 14.0 Å². The molecule has 2 amide bonds. The molecule has 0 bridgehead atoms. The van der Waals surface area contributed by atoms with E-state index in [1.54, 1.807) is 24.3 Å². The first-order valence-corrected chi connectivity index (χ1v) is 9.99. The normalized spacial score (nSPS) is 16.3. The fourth-order valence-corrected chi connectivity index (χ4v) is 3.94. The number of halogens is 1. The van der Waals surface area contributed by atoms with E-state index in [0.717, 1.165) is 16.7 Å². The van der Waals surface area contributed by atoms with E-state index >= 15 is 0 Å². The number of benzene rings is 1. The summed E-state index contributed by atoms with van der Waals surface area (Å²) in [4.78, 5) is 37.6. The lowest BCUT2D eigenvalue weighted by molar-refractivity contribution is -0.148. The van der Waals surface area contributed by atoms with E-state index in [0.29, 0.717) is 34.7 Å². The molecule has 1 saturated heterocycles. The van der Waals surface area contributed by atoms with Crippen molar-refractivity contribution in [1.82, 2.24) is 4.90 Å². The summed E-state index contributed by atoms with van der Waals surface area (Å²) in [5.41, 5.74) is 0.637. The summed E-state index contributed by atoms with van der Waals surface area (Å²) in [6.07, 6.45) is 3.19. The molecule has 0 saturated carbocycles. The van der Waals surface area contributed by atoms with Gasteiger partial charge >= 0.3 is 5.97 Å². The first-order valence-electron chi connectivity index (χ1n) is 8.38. The topological polar surface area (TPSA) is 82.1 Å². The molecular formula is C19H20BrNO6S. The highest BCUT2D eigenvalue weighted by molar-refractivity contribution is 9.10. The van der Waals surface area contributed by atoms with Crippen molar-refractivity contribution >= 4 is 50.9 Å². The van der Waals surface area contributed by atoms with Crippen molar-refractivity contribution in [2.24, 2.45) is 0 Å². The third-order valence-corrected chi connectivity index (χ3v) is 5.20. The van der Waals surface area contributed by atoms with E-state index in [1.807, 2.05) is 6.92 Å². The number of nitrogens with zero attached hydrogens (tertiary/aromatic N) is 1. The minimum atomic E-state index is -0.996. The molecule has 150 valence electrons. The van der Waals surface area contributed by atoms with Crippen molar-refractivity contribution in [3.05, 3.63) is 39.7 Å². The van der Waals surface area contributed by atoms with Gasteiger partial charge in [0.15, 0.2) is 11.5 Å². The molecule has 9 heteroatoms. The summed E-state index contributed by atoms with van der Waals surface area (Å²) >= 11 is 4.21. The van der Waals surface area contributed by atoms with Crippen molar-refractivity contribution in [3.63, 3.8) is 0 Å². The van der Waals surface area contributed by atoms with Gasteiger partial charge in [-0.1, -0.05) is 12.7 Å². The minimum absolute atomic E-state index is 0.204. The summed E-state index contributed by atoms with van der Waals surface area (Å²) in [5.74, 6) is -0.193. The van der Waals surface area contributed by atoms with Gasteiger partial charge in [-0.15, -0.1) is 0 Å². The monoisotopic (exact) mass is 469 g/mol. The lowest BCUT2D eigenvalue weighted by Crippen LogP contribution is -2.42. The number of methoxy groups -OCH3 is 1. The Morgan fingerprint density at radius 1 is 1.36 bits per heavy atom. The van der Waals surface area contributed by atoms with E-state index in [-0.39, 0.29) is 4.91 Å². The Bertz CT molecular complexity index is 838. The average molecular weight is 470 g/mol. The van der Waals surface area contributed by atoms with Crippen molar-refractivity contribution in [2.75, 3.05) is 20.3 Å². The van der Waals surface area contributed by atoms with E-state index in [9.17, 15) is 14.4 Å². The quantitative estimate of drug-likeness (QED) is 0.323. The summed E-state index contributed by atoms with van der Waals surface area (Å²) in [7, 11) is 1.20. The summed E-state index contributed by atoms with van der Waals surface area (Å²) in [5, 5.41) is -0.524. The zero-order chi connectivity index (χ0) is 20.8. The van der Waals surface area contributed by atoms with Gasteiger partial charge in [-0.05, 0) is 65.3 Å². The maximum atomic E-state index is 12.6. The first-order chi connectivity index (χ1) is 13.3. The van der Waals surface area contributed by atoms with E-state index < -0.39 is 23.2 Å². The van der Waals surface area contributed by atoms with Gasteiger partial charge in [-0.2, -0.15) is 0 Å². The molecule has 1 atom stereocenters. The first kappa shape index (κ1) is 22.0. The van der Waals surface area contributed by atoms with E-state index in [2.05, 4.69) is 27.2 Å². The number of carbonyl (C=O) groups excluding carboxylic acids is 3. The van der Waals surface area contributed by atoms with Crippen LogP contribution in [0.15, 0.2) is 34.2 Å². The molecule has 0 aliphatic carbocycles. The number of hydrogen-bond acceptors (Lipinski definition) is 7. The van der Waals surface area contributed by atoms with Crippen LogP contribution >= 0.6 is 27.7 Å². The van der Waals surface area contributed by atoms with Crippen LogP contribution in [0.3, 0.4) is 0 Å². The lowest BCUT2D eigenvalue weighted by atomic mass is 10.1. The van der Waals surface area contributed by atoms with Crippen LogP contribution in [0.1, 0.15) is 19.4 Å². The SMILES string of the molecule is C=CCOc1c(Br)cc(/C=C2/SC(=O)N([C@H](C)C(=O)OC)C2=O)cc1OCC. The number of esters is 1. The van der Waals surface area contributed by atoms with Crippen LogP contribution in [0, 0.1) is 0 Å². The number of hydrogen-bond donors (Lipinski definition) is 0. The highest BCUT2D eigenvalue weighted by atomic mass is 79.9. The van der Waals surface area contributed by atoms with Crippen LogP contribution in [-0.2, 0) is 14.3 Å². The number of carbonyl (C=O) groups is 3. The van der Waals surface area contributed by atoms with Crippen LogP contribution in [-0.4, -0.2) is 48.4 Å². The molecule has 0 radical (unpaired) electrons. The third-order valence-electron chi connectivity index (χ3n) is 3.73. The molecular weight excluding hydrogens is 450 g/mol. The summed E-state index contributed by atoms with van der Waals surface area (Å²) < 4.78 is 16.5. The fourth-order valence-electron chi connectivity index (χ4n) is 2.46. The Balaban J connectivity index is 2.36. The Hall–Kier alpha value is -2.26. The van der Waals surface area contributed by atoms with Gasteiger partial charge in [0, 0.05) is 0 Å². The number of thioether (sulfide) groups is 1. The smallest absolute Gasteiger partial charge is 0.328 e. The highest BCUT2D eigenvalue weighted by Crippen LogP contribution is 2.39. The second-order valence-corrected chi connectivity index (χ2v) is 7.46. The molecule has 0 unspecified atom stereocenters. The standard InChI is InChI=1S/C19H20BrNO6S/c1-5-7-27-16-13(20)8-12(9-14(16)26-6-2)10-15-17(22)21(19(24)28-15)11(3)18(23)25-4/h5,8-11H,1,6-7H2,2-4H3/b15-10+/t11-/m1/s1. The molecule has 1 aliphatic heterocycles. The second-order valence-electron chi connectivity index (χ2n) is 5.61. The molecule has 1 aromatic rings. The number of ether oxygens (including phenoxy) is 3. The highest BCUT2D eigenvalue weighted by Gasteiger charge is 2.41.